The van der Waals surface area contributed by atoms with Gasteiger partial charge in [0.25, 0.3) is 0 Å². The summed E-state index contributed by atoms with van der Waals surface area (Å²) in [6.07, 6.45) is 0. The zero-order chi connectivity index (χ0) is 17.3. The van der Waals surface area contributed by atoms with Crippen molar-refractivity contribution in [2.75, 3.05) is 6.61 Å². The zero-order valence-electron chi connectivity index (χ0n) is 12.3. The van der Waals surface area contributed by atoms with Gasteiger partial charge in [0.2, 0.25) is 11.6 Å². The maximum atomic E-state index is 12.2. The van der Waals surface area contributed by atoms with E-state index in [0.717, 1.165) is 0 Å². The highest BCUT2D eigenvalue weighted by molar-refractivity contribution is 9.12. The Morgan fingerprint density at radius 2 is 1.78 bits per heavy atom. The first kappa shape index (κ1) is 17.7. The molecular formula is C16H12Br2O5. The number of ether oxygens (including phenoxy) is 1. The Labute approximate surface area is 149 Å². The molecule has 1 atom stereocenters. The standard InChI is InChI=1S/C16H12Br2O5/c1-3-23-16(22)11(7(2)19)12-10-6-8(17)4-5-9(10)14(20)15(21)13(12)18/h4-6,11H,3H2,1-2H3/t11-/m1/s1. The molecule has 0 fully saturated rings. The topological polar surface area (TPSA) is 77.5 Å². The molecule has 0 amide bonds. The lowest BCUT2D eigenvalue weighted by Crippen LogP contribution is -2.31. The van der Waals surface area contributed by atoms with Gasteiger partial charge in [-0.25, -0.2) is 0 Å². The first-order valence-corrected chi connectivity index (χ1v) is 8.33. The highest BCUT2D eigenvalue weighted by atomic mass is 79.9. The lowest BCUT2D eigenvalue weighted by Gasteiger charge is -2.23. The van der Waals surface area contributed by atoms with Crippen molar-refractivity contribution >= 4 is 60.8 Å². The van der Waals surface area contributed by atoms with E-state index in [1.807, 2.05) is 0 Å². The normalized spacial score (nSPS) is 15.3. The Morgan fingerprint density at radius 3 is 2.35 bits per heavy atom. The number of ketones is 3. The number of allylic oxidation sites excluding steroid dienone is 1. The molecule has 0 aliphatic heterocycles. The van der Waals surface area contributed by atoms with E-state index in [0.29, 0.717) is 10.0 Å². The van der Waals surface area contributed by atoms with Crippen molar-refractivity contribution in [2.24, 2.45) is 5.92 Å². The van der Waals surface area contributed by atoms with E-state index in [4.69, 9.17) is 4.74 Å². The Hall–Kier alpha value is -1.60. The quantitative estimate of drug-likeness (QED) is 0.406. The second kappa shape index (κ2) is 6.88. The molecule has 0 saturated carbocycles. The first-order valence-electron chi connectivity index (χ1n) is 6.75. The Bertz CT molecular complexity index is 764. The summed E-state index contributed by atoms with van der Waals surface area (Å²) in [5.41, 5.74) is 0.688. The Morgan fingerprint density at radius 1 is 1.13 bits per heavy atom. The number of halogens is 2. The van der Waals surface area contributed by atoms with Crippen LogP contribution in [-0.2, 0) is 19.1 Å². The van der Waals surface area contributed by atoms with Crippen LogP contribution in [-0.4, -0.2) is 29.9 Å². The highest BCUT2D eigenvalue weighted by Crippen LogP contribution is 2.39. The van der Waals surface area contributed by atoms with Gasteiger partial charge >= 0.3 is 5.97 Å². The number of hydrogen-bond acceptors (Lipinski definition) is 5. The van der Waals surface area contributed by atoms with Crippen LogP contribution < -0.4 is 0 Å². The summed E-state index contributed by atoms with van der Waals surface area (Å²) in [6.45, 7) is 2.97. The number of carbonyl (C=O) groups is 4. The minimum Gasteiger partial charge on any atom is -0.465 e. The van der Waals surface area contributed by atoms with Crippen LogP contribution in [0.5, 0.6) is 0 Å². The van der Waals surface area contributed by atoms with E-state index < -0.39 is 29.2 Å². The van der Waals surface area contributed by atoms with E-state index in [9.17, 15) is 19.2 Å². The van der Waals surface area contributed by atoms with E-state index in [1.165, 1.54) is 13.0 Å². The molecule has 0 unspecified atom stereocenters. The van der Waals surface area contributed by atoms with Crippen molar-refractivity contribution in [1.29, 1.82) is 0 Å². The fraction of sp³-hybridized carbons (Fsp3) is 0.250. The lowest BCUT2D eigenvalue weighted by molar-refractivity contribution is -0.148. The highest BCUT2D eigenvalue weighted by Gasteiger charge is 2.40. The number of carbonyl (C=O) groups excluding carboxylic acids is 4. The molecular weight excluding hydrogens is 432 g/mol. The molecule has 1 aromatic rings. The molecule has 1 aliphatic carbocycles. The molecule has 1 aliphatic rings. The van der Waals surface area contributed by atoms with Gasteiger partial charge in [-0.05, 0) is 59.1 Å². The van der Waals surface area contributed by atoms with Crippen LogP contribution in [0, 0.1) is 5.92 Å². The number of benzene rings is 1. The predicted molar refractivity (Wildman–Crippen MR) is 90.1 cm³/mol. The van der Waals surface area contributed by atoms with Crippen molar-refractivity contribution in [1.82, 2.24) is 0 Å². The van der Waals surface area contributed by atoms with Gasteiger partial charge in [0.05, 0.1) is 11.1 Å². The number of hydrogen-bond donors (Lipinski definition) is 0. The van der Waals surface area contributed by atoms with Crippen LogP contribution in [0.25, 0.3) is 5.57 Å². The van der Waals surface area contributed by atoms with E-state index in [1.54, 1.807) is 19.1 Å². The largest absolute Gasteiger partial charge is 0.465 e. The van der Waals surface area contributed by atoms with Crippen LogP contribution in [0.2, 0.25) is 0 Å². The van der Waals surface area contributed by atoms with Gasteiger partial charge in [-0.15, -0.1) is 0 Å². The van der Waals surface area contributed by atoms with Crippen molar-refractivity contribution in [3.63, 3.8) is 0 Å². The maximum absolute atomic E-state index is 12.2. The average Bonchev–Trinajstić information content (AvgIpc) is 2.48. The van der Waals surface area contributed by atoms with E-state index in [-0.39, 0.29) is 22.2 Å². The molecule has 23 heavy (non-hydrogen) atoms. The third-order valence-corrected chi connectivity index (χ3v) is 4.66. The minimum atomic E-state index is -1.27. The number of rotatable bonds is 4. The lowest BCUT2D eigenvalue weighted by atomic mass is 9.81. The van der Waals surface area contributed by atoms with Gasteiger partial charge in [-0.1, -0.05) is 15.9 Å². The van der Waals surface area contributed by atoms with Crippen LogP contribution in [0.15, 0.2) is 27.2 Å². The predicted octanol–water partition coefficient (Wildman–Crippen LogP) is 3.09. The molecule has 0 radical (unpaired) electrons. The third kappa shape index (κ3) is 3.21. The molecule has 0 N–H and O–H groups in total. The van der Waals surface area contributed by atoms with Crippen LogP contribution in [0.4, 0.5) is 0 Å². The van der Waals surface area contributed by atoms with Gasteiger partial charge in [0, 0.05) is 10.0 Å². The van der Waals surface area contributed by atoms with Gasteiger partial charge in [-0.2, -0.15) is 0 Å². The monoisotopic (exact) mass is 442 g/mol. The van der Waals surface area contributed by atoms with E-state index in [2.05, 4.69) is 31.9 Å². The molecule has 2 rings (SSSR count). The summed E-state index contributed by atoms with van der Waals surface area (Å²) >= 11 is 6.37. The molecule has 0 bridgehead atoms. The minimum absolute atomic E-state index is 0.0821. The maximum Gasteiger partial charge on any atom is 0.321 e. The molecule has 5 nitrogen and oxygen atoms in total. The molecule has 0 aromatic heterocycles. The fourth-order valence-electron chi connectivity index (χ4n) is 2.39. The van der Waals surface area contributed by atoms with Crippen LogP contribution in [0.3, 0.4) is 0 Å². The van der Waals surface area contributed by atoms with E-state index >= 15 is 0 Å². The molecule has 0 saturated heterocycles. The zero-order valence-corrected chi connectivity index (χ0v) is 15.5. The summed E-state index contributed by atoms with van der Waals surface area (Å²) in [5.74, 6) is -3.96. The molecule has 120 valence electrons. The van der Waals surface area contributed by atoms with Crippen molar-refractivity contribution in [3.05, 3.63) is 38.3 Å². The number of esters is 1. The van der Waals surface area contributed by atoms with Gasteiger partial charge in [-0.3, -0.25) is 19.2 Å². The first-order chi connectivity index (χ1) is 10.8. The summed E-state index contributed by atoms with van der Waals surface area (Å²) in [4.78, 5) is 48.5. The van der Waals surface area contributed by atoms with Crippen molar-refractivity contribution in [2.45, 2.75) is 13.8 Å². The third-order valence-electron chi connectivity index (χ3n) is 3.38. The molecule has 0 spiro atoms. The summed E-state index contributed by atoms with van der Waals surface area (Å²) < 4.78 is 5.52. The summed E-state index contributed by atoms with van der Waals surface area (Å²) in [6, 6.07) is 4.71. The summed E-state index contributed by atoms with van der Waals surface area (Å²) in [5, 5.41) is 0. The molecule has 7 heteroatoms. The van der Waals surface area contributed by atoms with Gasteiger partial charge in [0.1, 0.15) is 11.7 Å². The smallest absolute Gasteiger partial charge is 0.321 e. The van der Waals surface area contributed by atoms with Crippen molar-refractivity contribution < 1.29 is 23.9 Å². The van der Waals surface area contributed by atoms with Crippen LogP contribution >= 0.6 is 31.9 Å². The SMILES string of the molecule is CCOC(=O)[C@H](C(C)=O)C1=C(Br)C(=O)C(=O)c2ccc(Br)cc21. The average molecular weight is 444 g/mol. The summed E-state index contributed by atoms with van der Waals surface area (Å²) in [7, 11) is 0. The second-order valence-corrected chi connectivity index (χ2v) is 6.58. The fourth-order valence-corrected chi connectivity index (χ4v) is 3.38. The van der Waals surface area contributed by atoms with Crippen molar-refractivity contribution in [3.8, 4) is 0 Å². The Balaban J connectivity index is 2.74. The van der Waals surface area contributed by atoms with Crippen LogP contribution in [0.1, 0.15) is 29.8 Å². The molecule has 0 heterocycles. The Kier molecular flexibility index (Phi) is 5.31. The number of fused-ring (bicyclic) bond motifs is 1. The molecule has 1 aromatic carbocycles. The van der Waals surface area contributed by atoms with Gasteiger partial charge in [0.15, 0.2) is 0 Å². The van der Waals surface area contributed by atoms with Gasteiger partial charge < -0.3 is 4.74 Å². The number of Topliss-reactive ketones (excluding diaryl/α,β-unsaturated/α-hetero) is 3. The second-order valence-electron chi connectivity index (χ2n) is 4.87.